The van der Waals surface area contributed by atoms with Crippen LogP contribution in [0.3, 0.4) is 0 Å². The first-order valence-corrected chi connectivity index (χ1v) is 21.1. The van der Waals surface area contributed by atoms with Gasteiger partial charge in [-0.25, -0.2) is 4.98 Å². The van der Waals surface area contributed by atoms with Gasteiger partial charge in [-0.05, 0) is 95.1 Å². The van der Waals surface area contributed by atoms with Crippen LogP contribution in [-0.4, -0.2) is 27.0 Å². The SMILES string of the molecule is C[Si](C)(c1cccc(-n2c3ccccc3c3cccnc32)c1)n1c2ccccc2c2ccc(-c3cc(-c4ccccc4-c4ccccc4)ccn3)cc21. The van der Waals surface area contributed by atoms with E-state index >= 15 is 0 Å². The summed E-state index contributed by atoms with van der Waals surface area (Å²) in [5.41, 5.74) is 12.6. The van der Waals surface area contributed by atoms with E-state index < -0.39 is 8.24 Å². The Labute approximate surface area is 309 Å². The van der Waals surface area contributed by atoms with Crippen molar-refractivity contribution in [3.8, 4) is 39.2 Å². The van der Waals surface area contributed by atoms with Gasteiger partial charge in [0.25, 0.3) is 0 Å². The van der Waals surface area contributed by atoms with E-state index in [4.69, 9.17) is 9.97 Å². The lowest BCUT2D eigenvalue weighted by Gasteiger charge is -2.28. The first kappa shape index (κ1) is 31.2. The van der Waals surface area contributed by atoms with E-state index in [0.717, 1.165) is 28.2 Å². The Bertz CT molecular complexity index is 2940. The molecule has 6 aromatic carbocycles. The smallest absolute Gasteiger partial charge is 0.187 e. The summed E-state index contributed by atoms with van der Waals surface area (Å²) in [6, 6.07) is 61.3. The van der Waals surface area contributed by atoms with Crippen molar-refractivity contribution in [3.05, 3.63) is 182 Å². The average molecular weight is 697 g/mol. The van der Waals surface area contributed by atoms with Crippen LogP contribution in [0.1, 0.15) is 0 Å². The second-order valence-electron chi connectivity index (χ2n) is 14.3. The molecule has 0 spiro atoms. The fourth-order valence-corrected chi connectivity index (χ4v) is 11.2. The van der Waals surface area contributed by atoms with Crippen LogP contribution >= 0.6 is 0 Å². The van der Waals surface area contributed by atoms with Gasteiger partial charge in [-0.1, -0.05) is 115 Å². The molecular formula is C48H36N4Si. The molecule has 0 saturated carbocycles. The van der Waals surface area contributed by atoms with Crippen molar-refractivity contribution < 1.29 is 0 Å². The molecule has 5 heteroatoms. The number of aromatic nitrogens is 4. The molecule has 0 atom stereocenters. The number of rotatable bonds is 6. The maximum Gasteiger partial charge on any atom is 0.187 e. The van der Waals surface area contributed by atoms with E-state index in [-0.39, 0.29) is 0 Å². The second-order valence-corrected chi connectivity index (χ2v) is 18.4. The molecule has 0 bridgehead atoms. The highest BCUT2D eigenvalue weighted by atomic mass is 28.3. The third kappa shape index (κ3) is 5.04. The van der Waals surface area contributed by atoms with Gasteiger partial charge in [0.15, 0.2) is 8.24 Å². The minimum atomic E-state index is -2.38. The highest BCUT2D eigenvalue weighted by Crippen LogP contribution is 2.37. The lowest BCUT2D eigenvalue weighted by molar-refractivity contribution is 1.14. The van der Waals surface area contributed by atoms with Crippen LogP contribution in [0.15, 0.2) is 182 Å². The van der Waals surface area contributed by atoms with Crippen LogP contribution in [0, 0.1) is 0 Å². The molecule has 4 heterocycles. The zero-order valence-electron chi connectivity index (χ0n) is 29.6. The fraction of sp³-hybridized carbons (Fsp3) is 0.0417. The summed E-state index contributed by atoms with van der Waals surface area (Å²) in [6.45, 7) is 4.93. The molecule has 0 unspecified atom stereocenters. The molecule has 252 valence electrons. The fourth-order valence-electron chi connectivity index (χ4n) is 8.30. The van der Waals surface area contributed by atoms with Crippen LogP contribution < -0.4 is 5.19 Å². The maximum atomic E-state index is 4.93. The monoisotopic (exact) mass is 696 g/mol. The zero-order valence-corrected chi connectivity index (χ0v) is 30.6. The molecule has 0 saturated heterocycles. The van der Waals surface area contributed by atoms with Gasteiger partial charge in [-0.2, -0.15) is 0 Å². The number of benzene rings is 6. The minimum absolute atomic E-state index is 0.962. The summed E-state index contributed by atoms with van der Waals surface area (Å²) < 4.78 is 4.97. The summed E-state index contributed by atoms with van der Waals surface area (Å²) >= 11 is 0. The third-order valence-electron chi connectivity index (χ3n) is 10.9. The topological polar surface area (TPSA) is 35.6 Å². The first-order valence-electron chi connectivity index (χ1n) is 18.2. The molecular weight excluding hydrogens is 661 g/mol. The molecule has 0 radical (unpaired) electrons. The summed E-state index contributed by atoms with van der Waals surface area (Å²) in [5, 5.41) is 6.27. The van der Waals surface area contributed by atoms with Crippen LogP contribution in [-0.2, 0) is 0 Å². The molecule has 0 amide bonds. The first-order chi connectivity index (χ1) is 26.1. The molecule has 10 rings (SSSR count). The number of para-hydroxylation sites is 2. The van der Waals surface area contributed by atoms with E-state index in [1.807, 2.05) is 18.5 Å². The van der Waals surface area contributed by atoms with E-state index in [1.165, 1.54) is 60.0 Å². The average Bonchev–Trinajstić information content (AvgIpc) is 3.74. The van der Waals surface area contributed by atoms with Crippen molar-refractivity contribution in [3.63, 3.8) is 0 Å². The lowest BCUT2D eigenvalue weighted by Crippen LogP contribution is -2.49. The molecule has 4 aromatic heterocycles. The molecule has 0 N–H and O–H groups in total. The van der Waals surface area contributed by atoms with Crippen molar-refractivity contribution in [2.75, 3.05) is 0 Å². The Hall–Kier alpha value is -6.56. The predicted molar refractivity (Wildman–Crippen MR) is 225 cm³/mol. The van der Waals surface area contributed by atoms with Crippen LogP contribution in [0.25, 0.3) is 82.9 Å². The van der Waals surface area contributed by atoms with Gasteiger partial charge in [0.2, 0.25) is 0 Å². The molecule has 4 nitrogen and oxygen atoms in total. The van der Waals surface area contributed by atoms with Crippen molar-refractivity contribution >= 4 is 57.2 Å². The van der Waals surface area contributed by atoms with E-state index in [2.05, 4.69) is 186 Å². The Balaban J connectivity index is 1.12. The van der Waals surface area contributed by atoms with Crippen LogP contribution in [0.2, 0.25) is 13.1 Å². The number of fused-ring (bicyclic) bond motifs is 6. The van der Waals surface area contributed by atoms with Gasteiger partial charge < -0.3 is 4.23 Å². The molecule has 0 aliphatic carbocycles. The van der Waals surface area contributed by atoms with Crippen molar-refractivity contribution in [1.82, 2.24) is 18.8 Å². The maximum absolute atomic E-state index is 4.93. The highest BCUT2D eigenvalue weighted by molar-refractivity contribution is 6.89. The van der Waals surface area contributed by atoms with E-state index in [1.54, 1.807) is 0 Å². The van der Waals surface area contributed by atoms with Crippen LogP contribution in [0.5, 0.6) is 0 Å². The number of hydrogen-bond donors (Lipinski definition) is 0. The van der Waals surface area contributed by atoms with Gasteiger partial charge in [-0.3, -0.25) is 9.55 Å². The van der Waals surface area contributed by atoms with Crippen molar-refractivity contribution in [1.29, 1.82) is 0 Å². The molecule has 53 heavy (non-hydrogen) atoms. The Morgan fingerprint density at radius 2 is 1.11 bits per heavy atom. The molecule has 0 aliphatic heterocycles. The normalized spacial score (nSPS) is 12.0. The third-order valence-corrected chi connectivity index (χ3v) is 14.2. The number of hydrogen-bond acceptors (Lipinski definition) is 2. The van der Waals surface area contributed by atoms with E-state index in [0.29, 0.717) is 0 Å². The summed E-state index contributed by atoms with van der Waals surface area (Å²) in [5.74, 6) is 0. The molecule has 10 aromatic rings. The zero-order chi connectivity index (χ0) is 35.5. The standard InChI is InChI=1S/C48H36N4Si/c1-53(2,37-17-12-16-36(32-37)51-45-23-10-8-21-41(45)43-22-13-28-50-48(43)51)52-46-24-11-9-20-40(46)42-26-25-35(31-47(42)52)44-30-34(27-29-49-44)39-19-7-6-18-38(39)33-14-4-3-5-15-33/h3-32H,1-2H3. The van der Waals surface area contributed by atoms with Gasteiger partial charge >= 0.3 is 0 Å². The predicted octanol–water partition coefficient (Wildman–Crippen LogP) is 11.6. The van der Waals surface area contributed by atoms with Gasteiger partial charge in [0, 0.05) is 56.2 Å². The Morgan fingerprint density at radius 3 is 1.94 bits per heavy atom. The van der Waals surface area contributed by atoms with Crippen molar-refractivity contribution in [2.45, 2.75) is 13.1 Å². The molecule has 0 fully saturated rings. The number of pyridine rings is 2. The Kier molecular flexibility index (Phi) is 7.23. The number of nitrogens with zero attached hydrogens (tertiary/aromatic N) is 4. The van der Waals surface area contributed by atoms with Crippen LogP contribution in [0.4, 0.5) is 0 Å². The summed E-state index contributed by atoms with van der Waals surface area (Å²) in [7, 11) is -2.38. The highest BCUT2D eigenvalue weighted by Gasteiger charge is 2.31. The summed E-state index contributed by atoms with van der Waals surface area (Å²) in [4.78, 5) is 9.80. The van der Waals surface area contributed by atoms with Crippen molar-refractivity contribution in [2.24, 2.45) is 0 Å². The van der Waals surface area contributed by atoms with Gasteiger partial charge in [-0.15, -0.1) is 0 Å². The van der Waals surface area contributed by atoms with E-state index in [9.17, 15) is 0 Å². The molecule has 0 aliphatic rings. The van der Waals surface area contributed by atoms with Gasteiger partial charge in [0.05, 0.1) is 11.2 Å². The summed E-state index contributed by atoms with van der Waals surface area (Å²) in [6.07, 6.45) is 3.84. The minimum Gasteiger partial charge on any atom is -0.364 e. The second kappa shape index (κ2) is 12.3. The quantitative estimate of drug-likeness (QED) is 0.162. The largest absolute Gasteiger partial charge is 0.364 e. The Morgan fingerprint density at radius 1 is 0.434 bits per heavy atom. The lowest BCUT2D eigenvalue weighted by atomic mass is 9.94. The van der Waals surface area contributed by atoms with Gasteiger partial charge in [0.1, 0.15) is 5.65 Å².